The van der Waals surface area contributed by atoms with E-state index in [4.69, 9.17) is 25.7 Å². The second-order valence-corrected chi connectivity index (χ2v) is 8.25. The molecule has 4 rings (SSSR count). The minimum absolute atomic E-state index is 0.0918. The molecular formula is C26H30N8O3. The third-order valence-corrected chi connectivity index (χ3v) is 5.74. The number of fused-ring (bicyclic) bond motifs is 1. The van der Waals surface area contributed by atoms with Gasteiger partial charge < -0.3 is 30.3 Å². The zero-order chi connectivity index (χ0) is 26.2. The number of anilines is 1. The minimum Gasteiger partial charge on any atom is -0.407 e. The Hall–Kier alpha value is -4.51. The molecule has 0 radical (unpaired) electrons. The number of ether oxygens (including phenoxy) is 2. The van der Waals surface area contributed by atoms with E-state index < -0.39 is 24.0 Å². The molecule has 2 aromatic carbocycles. The van der Waals surface area contributed by atoms with E-state index in [9.17, 15) is 4.79 Å². The van der Waals surface area contributed by atoms with Gasteiger partial charge in [0.2, 0.25) is 12.1 Å². The second kappa shape index (κ2) is 12.0. The van der Waals surface area contributed by atoms with Crippen molar-refractivity contribution in [2.45, 2.75) is 13.1 Å². The first-order valence-corrected chi connectivity index (χ1v) is 12.0. The van der Waals surface area contributed by atoms with E-state index in [0.29, 0.717) is 44.2 Å². The Labute approximate surface area is 215 Å². The van der Waals surface area contributed by atoms with Crippen molar-refractivity contribution in [2.24, 2.45) is 4.99 Å². The Morgan fingerprint density at radius 2 is 1.84 bits per heavy atom. The maximum Gasteiger partial charge on any atom is 0.290 e. The molecule has 0 aliphatic carbocycles. The molecular weight excluding hydrogens is 472 g/mol. The van der Waals surface area contributed by atoms with Crippen molar-refractivity contribution in [3.63, 3.8) is 0 Å². The smallest absolute Gasteiger partial charge is 0.290 e. The molecule has 0 bridgehead atoms. The summed E-state index contributed by atoms with van der Waals surface area (Å²) in [6, 6.07) is 16.3. The highest BCUT2D eigenvalue weighted by Gasteiger charge is 2.28. The first-order valence-electron chi connectivity index (χ1n) is 12.0. The fourth-order valence-electron chi connectivity index (χ4n) is 3.89. The molecule has 2 aliphatic heterocycles. The van der Waals surface area contributed by atoms with Crippen molar-refractivity contribution in [1.29, 1.82) is 16.2 Å². The molecule has 37 heavy (non-hydrogen) atoms. The topological polar surface area (TPSA) is 159 Å². The summed E-state index contributed by atoms with van der Waals surface area (Å²) in [7, 11) is 0. The summed E-state index contributed by atoms with van der Waals surface area (Å²) in [5.74, 6) is -0.781. The van der Waals surface area contributed by atoms with E-state index in [1.165, 1.54) is 6.20 Å². The van der Waals surface area contributed by atoms with Gasteiger partial charge in [-0.25, -0.2) is 4.99 Å². The van der Waals surface area contributed by atoms with Crippen LogP contribution in [0.25, 0.3) is 0 Å². The Bertz CT molecular complexity index is 1240. The van der Waals surface area contributed by atoms with Gasteiger partial charge in [-0.1, -0.05) is 48.5 Å². The predicted molar refractivity (Wildman–Crippen MR) is 142 cm³/mol. The van der Waals surface area contributed by atoms with Crippen molar-refractivity contribution < 1.29 is 14.3 Å². The van der Waals surface area contributed by atoms with Crippen LogP contribution >= 0.6 is 0 Å². The van der Waals surface area contributed by atoms with Crippen LogP contribution in [0.2, 0.25) is 0 Å². The van der Waals surface area contributed by atoms with Crippen LogP contribution in [0.1, 0.15) is 18.1 Å². The maximum atomic E-state index is 13.0. The Morgan fingerprint density at radius 1 is 1.14 bits per heavy atom. The van der Waals surface area contributed by atoms with Gasteiger partial charge in [-0.3, -0.25) is 21.0 Å². The number of benzodiazepines with no additional fused rings is 1. The number of para-hydroxylation sites is 1. The molecule has 192 valence electrons. The summed E-state index contributed by atoms with van der Waals surface area (Å²) in [4.78, 5) is 19.4. The van der Waals surface area contributed by atoms with E-state index >= 15 is 0 Å². The van der Waals surface area contributed by atoms with Gasteiger partial charge >= 0.3 is 0 Å². The van der Waals surface area contributed by atoms with Crippen LogP contribution in [0.3, 0.4) is 0 Å². The molecule has 0 spiro atoms. The van der Waals surface area contributed by atoms with Crippen LogP contribution in [-0.4, -0.2) is 73.3 Å². The fraction of sp³-hybridized carbons (Fsp3) is 0.269. The van der Waals surface area contributed by atoms with Gasteiger partial charge in [0.05, 0.1) is 30.2 Å². The largest absolute Gasteiger partial charge is 0.407 e. The van der Waals surface area contributed by atoms with Crippen molar-refractivity contribution in [1.82, 2.24) is 15.5 Å². The number of nitrogens with zero attached hydrogens (tertiary/aromatic N) is 2. The fourth-order valence-corrected chi connectivity index (χ4v) is 3.89. The lowest BCUT2D eigenvalue weighted by atomic mass is 10.0. The van der Waals surface area contributed by atoms with Gasteiger partial charge in [0.1, 0.15) is 5.84 Å². The van der Waals surface area contributed by atoms with Crippen molar-refractivity contribution in [3.05, 3.63) is 77.5 Å². The molecule has 1 saturated heterocycles. The number of amides is 1. The van der Waals surface area contributed by atoms with Crippen molar-refractivity contribution in [3.8, 4) is 0 Å². The molecule has 0 saturated carbocycles. The zero-order valence-electron chi connectivity index (χ0n) is 20.5. The lowest BCUT2D eigenvalue weighted by Crippen LogP contribution is -2.45. The molecule has 0 aromatic heterocycles. The number of rotatable bonds is 6. The molecule has 0 unspecified atom stereocenters. The van der Waals surface area contributed by atoms with Crippen LogP contribution in [0.15, 0.2) is 71.4 Å². The number of hydrogen-bond donors (Lipinski definition) is 6. The summed E-state index contributed by atoms with van der Waals surface area (Å²) in [6.07, 6.45) is 0.344. The third kappa shape index (κ3) is 6.19. The van der Waals surface area contributed by atoms with Crippen LogP contribution in [0, 0.1) is 16.2 Å². The molecule has 1 fully saturated rings. The van der Waals surface area contributed by atoms with Crippen LogP contribution in [-0.2, 0) is 14.3 Å². The van der Waals surface area contributed by atoms with E-state index in [0.717, 1.165) is 11.1 Å². The number of hydrogen-bond acceptors (Lipinski definition) is 8. The van der Waals surface area contributed by atoms with Crippen LogP contribution in [0.4, 0.5) is 5.69 Å². The van der Waals surface area contributed by atoms with Gasteiger partial charge in [0, 0.05) is 37.0 Å². The number of nitrogens with one attached hydrogen (secondary N) is 6. The second-order valence-electron chi connectivity index (χ2n) is 8.25. The SMILES string of the molecule is CCN/C=C(/C(=N)OC(=N)N[C@H]1N=C(c2ccccc2)c2ccccc2NC1=O)C(=N)N1CCOCC1. The number of amidine groups is 2. The van der Waals surface area contributed by atoms with Gasteiger partial charge in [0.15, 0.2) is 0 Å². The number of morpholine rings is 1. The summed E-state index contributed by atoms with van der Waals surface area (Å²) >= 11 is 0. The van der Waals surface area contributed by atoms with E-state index in [1.807, 2.05) is 55.5 Å². The highest BCUT2D eigenvalue weighted by Crippen LogP contribution is 2.23. The standard InChI is InChI=1S/C26H30N8O3/c1-2-30-16-19(22(27)34-12-14-36-15-13-34)23(28)37-26(29)33-24-25(35)31-20-11-7-6-10-18(20)21(32-24)17-8-4-3-5-9-17/h3-11,16,24,27-28,30H,2,12-15H2,1H3,(H2,29,33)(H,31,35)/b19-16+,27-22?,28-23?/t24-/m1/s1. The van der Waals surface area contributed by atoms with E-state index in [1.54, 1.807) is 11.0 Å². The van der Waals surface area contributed by atoms with Crippen molar-refractivity contribution in [2.75, 3.05) is 38.2 Å². The molecule has 11 heteroatoms. The Balaban J connectivity index is 1.53. The molecule has 11 nitrogen and oxygen atoms in total. The zero-order valence-corrected chi connectivity index (χ0v) is 20.5. The molecule has 2 aliphatic rings. The van der Waals surface area contributed by atoms with Gasteiger partial charge in [-0.15, -0.1) is 0 Å². The highest BCUT2D eigenvalue weighted by atomic mass is 16.5. The lowest BCUT2D eigenvalue weighted by molar-refractivity contribution is -0.117. The summed E-state index contributed by atoms with van der Waals surface area (Å²) in [5.41, 5.74) is 2.93. The summed E-state index contributed by atoms with van der Waals surface area (Å²) in [5, 5.41) is 33.9. The monoisotopic (exact) mass is 502 g/mol. The number of aliphatic imine (C=N–C) groups is 1. The number of carbonyl (C=O) groups excluding carboxylic acids is 1. The molecule has 2 aromatic rings. The quantitative estimate of drug-likeness (QED) is 0.262. The van der Waals surface area contributed by atoms with Crippen LogP contribution in [0.5, 0.6) is 0 Å². The summed E-state index contributed by atoms with van der Waals surface area (Å²) in [6.45, 7) is 4.50. The predicted octanol–water partition coefficient (Wildman–Crippen LogP) is 2.12. The number of benzene rings is 2. The average Bonchev–Trinajstić information content (AvgIpc) is 3.05. The van der Waals surface area contributed by atoms with Gasteiger partial charge in [0.25, 0.3) is 11.9 Å². The Morgan fingerprint density at radius 3 is 2.57 bits per heavy atom. The average molecular weight is 503 g/mol. The van der Waals surface area contributed by atoms with E-state index in [-0.39, 0.29) is 11.4 Å². The van der Waals surface area contributed by atoms with Gasteiger partial charge in [-0.2, -0.15) is 0 Å². The highest BCUT2D eigenvalue weighted by molar-refractivity contribution is 6.21. The summed E-state index contributed by atoms with van der Waals surface area (Å²) < 4.78 is 10.8. The normalized spacial score (nSPS) is 17.5. The van der Waals surface area contributed by atoms with Gasteiger partial charge in [-0.05, 0) is 13.0 Å². The molecule has 1 atom stereocenters. The first kappa shape index (κ1) is 25.6. The molecule has 1 amide bonds. The number of carbonyl (C=O) groups is 1. The van der Waals surface area contributed by atoms with Crippen molar-refractivity contribution >= 4 is 35.1 Å². The molecule has 2 heterocycles. The third-order valence-electron chi connectivity index (χ3n) is 5.74. The molecule has 6 N–H and O–H groups in total. The minimum atomic E-state index is -1.18. The Kier molecular flexibility index (Phi) is 8.26. The first-order chi connectivity index (χ1) is 18.0. The van der Waals surface area contributed by atoms with Crippen LogP contribution < -0.4 is 16.0 Å². The lowest BCUT2D eigenvalue weighted by Gasteiger charge is -2.30. The maximum absolute atomic E-state index is 13.0. The van der Waals surface area contributed by atoms with E-state index in [2.05, 4.69) is 20.9 Å².